The number of benzene rings is 2. The Morgan fingerprint density at radius 1 is 1.03 bits per heavy atom. The van der Waals surface area contributed by atoms with Gasteiger partial charge in [0.25, 0.3) is 0 Å². The molecule has 2 aliphatic rings. The summed E-state index contributed by atoms with van der Waals surface area (Å²) in [6.45, 7) is 6.47. The van der Waals surface area contributed by atoms with Crippen molar-refractivity contribution in [2.75, 3.05) is 31.1 Å². The summed E-state index contributed by atoms with van der Waals surface area (Å²) in [5, 5.41) is 0.636. The smallest absolute Gasteiger partial charge is 0.230 e. The first-order chi connectivity index (χ1) is 15.0. The minimum absolute atomic E-state index is 0.0503. The molecule has 2 heterocycles. The first-order valence-corrected chi connectivity index (χ1v) is 11.5. The summed E-state index contributed by atoms with van der Waals surface area (Å²) >= 11 is 6.23. The van der Waals surface area contributed by atoms with E-state index in [0.717, 1.165) is 44.6 Å². The molecule has 4 rings (SSSR count). The zero-order chi connectivity index (χ0) is 21.8. The highest BCUT2D eigenvalue weighted by Crippen LogP contribution is 2.27. The quantitative estimate of drug-likeness (QED) is 0.672. The molecule has 1 fully saturated rings. The molecule has 0 unspecified atom stereocenters. The van der Waals surface area contributed by atoms with Crippen molar-refractivity contribution in [3.8, 4) is 0 Å². The summed E-state index contributed by atoms with van der Waals surface area (Å²) in [5.74, 6) is 0.185. The van der Waals surface area contributed by atoms with Gasteiger partial charge >= 0.3 is 0 Å². The van der Waals surface area contributed by atoms with Gasteiger partial charge in [-0.3, -0.25) is 14.5 Å². The fraction of sp³-hybridized carbons (Fsp3) is 0.440. The molecule has 31 heavy (non-hydrogen) atoms. The number of hydrogen-bond donors (Lipinski definition) is 0. The van der Waals surface area contributed by atoms with Gasteiger partial charge in [0.1, 0.15) is 0 Å². The third kappa shape index (κ3) is 5.28. The molecule has 1 saturated heterocycles. The fourth-order valence-electron chi connectivity index (χ4n) is 4.69. The number of anilines is 1. The zero-order valence-corrected chi connectivity index (χ0v) is 18.9. The number of fused-ring (bicyclic) bond motifs is 1. The summed E-state index contributed by atoms with van der Waals surface area (Å²) in [6.07, 6.45) is 2.34. The summed E-state index contributed by atoms with van der Waals surface area (Å²) in [6, 6.07) is 16.2. The summed E-state index contributed by atoms with van der Waals surface area (Å²) in [5.41, 5.74) is 3.67. The van der Waals surface area contributed by atoms with Gasteiger partial charge < -0.3 is 9.80 Å². The van der Waals surface area contributed by atoms with Crippen LogP contribution in [0.4, 0.5) is 5.69 Å². The van der Waals surface area contributed by atoms with E-state index in [0.29, 0.717) is 24.7 Å². The lowest BCUT2D eigenvalue weighted by Gasteiger charge is -2.34. The third-order valence-corrected chi connectivity index (χ3v) is 6.67. The van der Waals surface area contributed by atoms with E-state index < -0.39 is 0 Å². The maximum absolute atomic E-state index is 13.5. The van der Waals surface area contributed by atoms with Crippen molar-refractivity contribution < 1.29 is 9.59 Å². The highest BCUT2D eigenvalue weighted by Gasteiger charge is 2.30. The lowest BCUT2D eigenvalue weighted by molar-refractivity contribution is -0.133. The van der Waals surface area contributed by atoms with E-state index in [1.165, 1.54) is 11.1 Å². The van der Waals surface area contributed by atoms with Crippen LogP contribution in [0.3, 0.4) is 0 Å². The van der Waals surface area contributed by atoms with Gasteiger partial charge in [-0.15, -0.1) is 0 Å². The fourth-order valence-corrected chi connectivity index (χ4v) is 4.87. The number of amides is 2. The van der Waals surface area contributed by atoms with E-state index in [4.69, 9.17) is 11.6 Å². The summed E-state index contributed by atoms with van der Waals surface area (Å²) < 4.78 is 0. The molecule has 0 bridgehead atoms. The van der Waals surface area contributed by atoms with Crippen molar-refractivity contribution in [2.45, 2.75) is 39.3 Å². The second-order valence-electron chi connectivity index (χ2n) is 8.58. The highest BCUT2D eigenvalue weighted by atomic mass is 35.5. The highest BCUT2D eigenvalue weighted by molar-refractivity contribution is 6.30. The number of rotatable bonds is 6. The maximum Gasteiger partial charge on any atom is 0.230 e. The number of hydrogen-bond acceptors (Lipinski definition) is 3. The third-order valence-electron chi connectivity index (χ3n) is 6.44. The average Bonchev–Trinajstić information content (AvgIpc) is 3.19. The van der Waals surface area contributed by atoms with Gasteiger partial charge in [-0.05, 0) is 48.6 Å². The second kappa shape index (κ2) is 9.84. The molecule has 6 heteroatoms. The van der Waals surface area contributed by atoms with Crippen molar-refractivity contribution in [3.63, 3.8) is 0 Å². The van der Waals surface area contributed by atoms with Gasteiger partial charge in [0.15, 0.2) is 0 Å². The largest absolute Gasteiger partial charge is 0.343 e. The van der Waals surface area contributed by atoms with Crippen LogP contribution in [0.25, 0.3) is 0 Å². The van der Waals surface area contributed by atoms with E-state index in [1.54, 1.807) is 6.92 Å². The predicted molar refractivity (Wildman–Crippen MR) is 124 cm³/mol. The van der Waals surface area contributed by atoms with Crippen LogP contribution >= 0.6 is 11.6 Å². The van der Waals surface area contributed by atoms with Gasteiger partial charge in [-0.2, -0.15) is 0 Å². The van der Waals surface area contributed by atoms with Crippen LogP contribution in [0.15, 0.2) is 48.5 Å². The summed E-state index contributed by atoms with van der Waals surface area (Å²) in [4.78, 5) is 31.3. The molecule has 0 aliphatic carbocycles. The monoisotopic (exact) mass is 439 g/mol. The first-order valence-electron chi connectivity index (χ1n) is 11.1. The Morgan fingerprint density at radius 3 is 2.32 bits per heavy atom. The van der Waals surface area contributed by atoms with Gasteiger partial charge in [-0.1, -0.05) is 41.9 Å². The van der Waals surface area contributed by atoms with Crippen LogP contribution in [0.5, 0.6) is 0 Å². The Hall–Kier alpha value is -2.37. The van der Waals surface area contributed by atoms with E-state index in [-0.39, 0.29) is 17.7 Å². The van der Waals surface area contributed by atoms with Crippen molar-refractivity contribution in [2.24, 2.45) is 5.92 Å². The number of nitrogens with zero attached hydrogens (tertiary/aromatic N) is 3. The molecule has 0 atom stereocenters. The molecule has 0 spiro atoms. The second-order valence-corrected chi connectivity index (χ2v) is 9.02. The molecular formula is C25H30ClN3O2. The van der Waals surface area contributed by atoms with E-state index >= 15 is 0 Å². The number of carbonyl (C=O) groups is 2. The number of piperidine rings is 1. The molecule has 2 aromatic rings. The number of carbonyl (C=O) groups excluding carboxylic acids is 2. The van der Waals surface area contributed by atoms with E-state index in [1.807, 2.05) is 34.1 Å². The Balaban J connectivity index is 1.39. The van der Waals surface area contributed by atoms with Crippen LogP contribution in [-0.2, 0) is 22.7 Å². The standard InChI is InChI=1S/C25H30ClN3O2/c1-19(30)28-14-10-20(11-15-28)25(31)29(24-9-4-8-23(26)16-24)13-5-12-27-17-21-6-2-3-7-22(21)18-27/h2-4,6-9,16,20H,5,10-15,17-18H2,1H3. The normalized spacial score (nSPS) is 16.9. The number of likely N-dealkylation sites (tertiary alicyclic amines) is 1. The molecular weight excluding hydrogens is 410 g/mol. The maximum atomic E-state index is 13.5. The van der Waals surface area contributed by atoms with Crippen molar-refractivity contribution >= 4 is 29.1 Å². The van der Waals surface area contributed by atoms with Crippen LogP contribution < -0.4 is 4.90 Å². The van der Waals surface area contributed by atoms with E-state index in [9.17, 15) is 9.59 Å². The van der Waals surface area contributed by atoms with Gasteiger partial charge in [0, 0.05) is 62.8 Å². The predicted octanol–water partition coefficient (Wildman–Crippen LogP) is 4.34. The Kier molecular flexibility index (Phi) is 6.93. The zero-order valence-electron chi connectivity index (χ0n) is 18.1. The lowest BCUT2D eigenvalue weighted by atomic mass is 9.95. The molecule has 0 aromatic heterocycles. The van der Waals surface area contributed by atoms with Gasteiger partial charge in [-0.25, -0.2) is 0 Å². The SMILES string of the molecule is CC(=O)N1CCC(C(=O)N(CCCN2Cc3ccccc3C2)c2cccc(Cl)c2)CC1. The molecule has 0 N–H and O–H groups in total. The molecule has 0 saturated carbocycles. The molecule has 2 aliphatic heterocycles. The molecule has 2 aromatic carbocycles. The lowest BCUT2D eigenvalue weighted by Crippen LogP contribution is -2.44. The van der Waals surface area contributed by atoms with Crippen LogP contribution in [-0.4, -0.2) is 47.8 Å². The minimum Gasteiger partial charge on any atom is -0.343 e. The van der Waals surface area contributed by atoms with Crippen molar-refractivity contribution in [3.05, 3.63) is 64.7 Å². The van der Waals surface area contributed by atoms with Gasteiger partial charge in [0.2, 0.25) is 11.8 Å². The number of halogens is 1. The molecule has 5 nitrogen and oxygen atoms in total. The van der Waals surface area contributed by atoms with Gasteiger partial charge in [0.05, 0.1) is 0 Å². The van der Waals surface area contributed by atoms with Crippen molar-refractivity contribution in [1.29, 1.82) is 0 Å². The van der Waals surface area contributed by atoms with Crippen LogP contribution in [0.2, 0.25) is 5.02 Å². The first kappa shape index (κ1) is 21.8. The van der Waals surface area contributed by atoms with Crippen molar-refractivity contribution in [1.82, 2.24) is 9.80 Å². The Labute approximate surface area is 189 Å². The van der Waals surface area contributed by atoms with Crippen LogP contribution in [0, 0.1) is 5.92 Å². The Morgan fingerprint density at radius 2 is 1.71 bits per heavy atom. The van der Waals surface area contributed by atoms with E-state index in [2.05, 4.69) is 29.2 Å². The topological polar surface area (TPSA) is 43.9 Å². The Bertz CT molecular complexity index is 915. The average molecular weight is 440 g/mol. The summed E-state index contributed by atoms with van der Waals surface area (Å²) in [7, 11) is 0. The molecule has 0 radical (unpaired) electrons. The molecule has 164 valence electrons. The molecule has 2 amide bonds. The minimum atomic E-state index is -0.0503. The van der Waals surface area contributed by atoms with Crippen LogP contribution in [0.1, 0.15) is 37.3 Å².